The summed E-state index contributed by atoms with van der Waals surface area (Å²) < 4.78 is 0. The standard InChI is InChI=1S/C11H11NO/c1-12-11(7-10(11)8-13)9-5-3-2-4-6-9/h2-6,10,13H,7-8H2/t10-,11+/m0/s1. The van der Waals surface area contributed by atoms with Crippen LogP contribution in [0.2, 0.25) is 0 Å². The zero-order valence-corrected chi connectivity index (χ0v) is 7.27. The molecule has 0 radical (unpaired) electrons. The van der Waals surface area contributed by atoms with Crippen LogP contribution in [-0.4, -0.2) is 11.7 Å². The van der Waals surface area contributed by atoms with Crippen LogP contribution < -0.4 is 0 Å². The zero-order chi connectivity index (χ0) is 9.31. The highest BCUT2D eigenvalue weighted by molar-refractivity contribution is 5.36. The lowest BCUT2D eigenvalue weighted by molar-refractivity contribution is 0.268. The number of aliphatic hydroxyl groups is 1. The van der Waals surface area contributed by atoms with Gasteiger partial charge in [-0.25, -0.2) is 6.57 Å². The van der Waals surface area contributed by atoms with Gasteiger partial charge in [-0.05, 0) is 0 Å². The Morgan fingerprint density at radius 2 is 2.15 bits per heavy atom. The molecule has 1 aromatic carbocycles. The van der Waals surface area contributed by atoms with Crippen LogP contribution in [0, 0.1) is 12.5 Å². The number of nitrogens with zero attached hydrogens (tertiary/aromatic N) is 1. The molecule has 0 unspecified atom stereocenters. The maximum absolute atomic E-state index is 8.99. The van der Waals surface area contributed by atoms with Crippen LogP contribution in [0.25, 0.3) is 4.85 Å². The van der Waals surface area contributed by atoms with Crippen LogP contribution in [0.15, 0.2) is 30.3 Å². The molecule has 1 aliphatic rings. The van der Waals surface area contributed by atoms with Crippen molar-refractivity contribution < 1.29 is 5.11 Å². The lowest BCUT2D eigenvalue weighted by atomic mass is 10.0. The van der Waals surface area contributed by atoms with E-state index in [1.54, 1.807) is 0 Å². The molecular weight excluding hydrogens is 162 g/mol. The number of benzene rings is 1. The topological polar surface area (TPSA) is 24.6 Å². The lowest BCUT2D eigenvalue weighted by Crippen LogP contribution is -2.06. The fraction of sp³-hybridized carbons (Fsp3) is 0.364. The molecule has 0 aliphatic heterocycles. The van der Waals surface area contributed by atoms with Crippen molar-refractivity contribution in [2.75, 3.05) is 6.61 Å². The van der Waals surface area contributed by atoms with Crippen molar-refractivity contribution in [3.8, 4) is 0 Å². The summed E-state index contributed by atoms with van der Waals surface area (Å²) in [5.41, 5.74) is 0.639. The summed E-state index contributed by atoms with van der Waals surface area (Å²) >= 11 is 0. The van der Waals surface area contributed by atoms with Gasteiger partial charge in [0.05, 0.1) is 12.5 Å². The summed E-state index contributed by atoms with van der Waals surface area (Å²) in [4.78, 5) is 3.64. The highest BCUT2D eigenvalue weighted by atomic mass is 16.3. The van der Waals surface area contributed by atoms with Crippen LogP contribution in [0.1, 0.15) is 12.0 Å². The van der Waals surface area contributed by atoms with E-state index in [-0.39, 0.29) is 12.5 Å². The highest BCUT2D eigenvalue weighted by Crippen LogP contribution is 2.55. The van der Waals surface area contributed by atoms with Crippen LogP contribution in [-0.2, 0) is 5.54 Å². The molecule has 1 aromatic rings. The van der Waals surface area contributed by atoms with E-state index in [4.69, 9.17) is 11.7 Å². The maximum atomic E-state index is 8.99. The first-order chi connectivity index (χ1) is 6.33. The third-order valence-corrected chi connectivity index (χ3v) is 2.77. The Hall–Kier alpha value is -1.33. The largest absolute Gasteiger partial charge is 0.396 e. The number of hydrogen-bond donors (Lipinski definition) is 1. The molecular formula is C11H11NO. The number of rotatable bonds is 2. The molecule has 0 saturated heterocycles. The normalized spacial score (nSPS) is 30.9. The van der Waals surface area contributed by atoms with Crippen molar-refractivity contribution in [1.82, 2.24) is 0 Å². The molecule has 0 aromatic heterocycles. The molecule has 0 heterocycles. The molecule has 1 saturated carbocycles. The van der Waals surface area contributed by atoms with E-state index < -0.39 is 5.54 Å². The first-order valence-electron chi connectivity index (χ1n) is 4.38. The van der Waals surface area contributed by atoms with Gasteiger partial charge < -0.3 is 9.95 Å². The fourth-order valence-corrected chi connectivity index (χ4v) is 1.81. The molecule has 1 aliphatic carbocycles. The van der Waals surface area contributed by atoms with Gasteiger partial charge in [0, 0.05) is 12.0 Å². The van der Waals surface area contributed by atoms with Crippen molar-refractivity contribution in [3.05, 3.63) is 47.3 Å². The summed E-state index contributed by atoms with van der Waals surface area (Å²) in [5.74, 6) is 0.146. The molecule has 1 fully saturated rings. The fourth-order valence-electron chi connectivity index (χ4n) is 1.81. The average Bonchev–Trinajstić information content (AvgIpc) is 2.94. The Kier molecular flexibility index (Phi) is 1.82. The summed E-state index contributed by atoms with van der Waals surface area (Å²) in [6, 6.07) is 9.75. The van der Waals surface area contributed by atoms with Crippen molar-refractivity contribution in [3.63, 3.8) is 0 Å². The van der Waals surface area contributed by atoms with E-state index in [2.05, 4.69) is 4.85 Å². The third kappa shape index (κ3) is 1.13. The molecule has 2 rings (SSSR count). The molecule has 2 atom stereocenters. The van der Waals surface area contributed by atoms with E-state index in [1.165, 1.54) is 0 Å². The predicted octanol–water partition coefficient (Wildman–Crippen LogP) is 1.81. The van der Waals surface area contributed by atoms with Gasteiger partial charge in [0.2, 0.25) is 0 Å². The minimum atomic E-state index is -0.407. The minimum Gasteiger partial charge on any atom is -0.396 e. The Balaban J connectivity index is 2.32. The lowest BCUT2D eigenvalue weighted by Gasteiger charge is -2.03. The van der Waals surface area contributed by atoms with E-state index in [9.17, 15) is 0 Å². The quantitative estimate of drug-likeness (QED) is 0.678. The Morgan fingerprint density at radius 1 is 1.46 bits per heavy atom. The first kappa shape index (κ1) is 8.28. The van der Waals surface area contributed by atoms with Crippen molar-refractivity contribution in [2.45, 2.75) is 12.0 Å². The second-order valence-electron chi connectivity index (χ2n) is 3.49. The van der Waals surface area contributed by atoms with Crippen LogP contribution in [0.4, 0.5) is 0 Å². The Labute approximate surface area is 77.6 Å². The van der Waals surface area contributed by atoms with E-state index in [1.807, 2.05) is 30.3 Å². The van der Waals surface area contributed by atoms with Crippen LogP contribution in [0.5, 0.6) is 0 Å². The zero-order valence-electron chi connectivity index (χ0n) is 7.27. The average molecular weight is 173 g/mol. The van der Waals surface area contributed by atoms with Gasteiger partial charge in [0.15, 0.2) is 0 Å². The molecule has 1 N–H and O–H groups in total. The van der Waals surface area contributed by atoms with E-state index in [0.29, 0.717) is 0 Å². The highest BCUT2D eigenvalue weighted by Gasteiger charge is 2.63. The second-order valence-corrected chi connectivity index (χ2v) is 3.49. The van der Waals surface area contributed by atoms with E-state index >= 15 is 0 Å². The minimum absolute atomic E-state index is 0.122. The van der Waals surface area contributed by atoms with Crippen LogP contribution >= 0.6 is 0 Å². The third-order valence-electron chi connectivity index (χ3n) is 2.77. The monoisotopic (exact) mass is 173 g/mol. The van der Waals surface area contributed by atoms with Crippen LogP contribution in [0.3, 0.4) is 0 Å². The van der Waals surface area contributed by atoms with E-state index in [0.717, 1.165) is 12.0 Å². The number of aliphatic hydroxyl groups excluding tert-OH is 1. The summed E-state index contributed by atoms with van der Waals surface area (Å²) in [5, 5.41) is 8.99. The molecule has 0 spiro atoms. The van der Waals surface area contributed by atoms with Gasteiger partial charge in [-0.2, -0.15) is 0 Å². The van der Waals surface area contributed by atoms with Gasteiger partial charge >= 0.3 is 0 Å². The predicted molar refractivity (Wildman–Crippen MR) is 49.9 cm³/mol. The Morgan fingerprint density at radius 3 is 2.62 bits per heavy atom. The van der Waals surface area contributed by atoms with Crippen molar-refractivity contribution in [2.24, 2.45) is 5.92 Å². The van der Waals surface area contributed by atoms with Crippen molar-refractivity contribution >= 4 is 0 Å². The van der Waals surface area contributed by atoms with Gasteiger partial charge in [0.1, 0.15) is 0 Å². The Bertz CT molecular complexity index is 341. The van der Waals surface area contributed by atoms with Crippen molar-refractivity contribution in [1.29, 1.82) is 0 Å². The number of hydrogen-bond acceptors (Lipinski definition) is 1. The summed E-state index contributed by atoms with van der Waals surface area (Å²) in [6.45, 7) is 7.28. The van der Waals surface area contributed by atoms with Gasteiger partial charge in [-0.15, -0.1) is 0 Å². The molecule has 0 amide bonds. The smallest absolute Gasteiger partial charge is 0.263 e. The molecule has 2 nitrogen and oxygen atoms in total. The van der Waals surface area contributed by atoms with Gasteiger partial charge in [-0.3, -0.25) is 0 Å². The van der Waals surface area contributed by atoms with Gasteiger partial charge in [0.25, 0.3) is 5.54 Å². The summed E-state index contributed by atoms with van der Waals surface area (Å²) in [7, 11) is 0. The maximum Gasteiger partial charge on any atom is 0.263 e. The molecule has 13 heavy (non-hydrogen) atoms. The first-order valence-corrected chi connectivity index (χ1v) is 4.38. The SMILES string of the molecule is [C-]#[N+][C@@]1(c2ccccc2)C[C@H]1CO. The molecule has 66 valence electrons. The summed E-state index contributed by atoms with van der Waals surface area (Å²) in [6.07, 6.45) is 0.803. The second kappa shape index (κ2) is 2.86. The molecule has 0 bridgehead atoms. The molecule has 2 heteroatoms. The van der Waals surface area contributed by atoms with Gasteiger partial charge in [-0.1, -0.05) is 30.3 Å².